The third kappa shape index (κ3) is 2.79. The Bertz CT molecular complexity index is 315. The first-order chi connectivity index (χ1) is 7.20. The molecule has 3 heteroatoms. The number of nitrogens with zero attached hydrogens (tertiary/aromatic N) is 1. The van der Waals surface area contributed by atoms with Crippen LogP contribution in [-0.4, -0.2) is 18.1 Å². The summed E-state index contributed by atoms with van der Waals surface area (Å²) >= 11 is 1.78. The third-order valence-electron chi connectivity index (χ3n) is 3.49. The Morgan fingerprint density at radius 2 is 2.33 bits per heavy atom. The van der Waals surface area contributed by atoms with Gasteiger partial charge in [0.1, 0.15) is 0 Å². The van der Waals surface area contributed by atoms with Crippen molar-refractivity contribution in [3.63, 3.8) is 0 Å². The fraction of sp³-hybridized carbons (Fsp3) is 0.750. The van der Waals surface area contributed by atoms with Gasteiger partial charge >= 0.3 is 0 Å². The molecule has 0 unspecified atom stereocenters. The second kappa shape index (κ2) is 4.62. The van der Waals surface area contributed by atoms with E-state index in [0.29, 0.717) is 5.41 Å². The Hall–Kier alpha value is -0.410. The van der Waals surface area contributed by atoms with Crippen molar-refractivity contribution in [2.75, 3.05) is 13.1 Å². The highest BCUT2D eigenvalue weighted by Gasteiger charge is 2.30. The highest BCUT2D eigenvalue weighted by molar-refractivity contribution is 7.09. The Morgan fingerprint density at radius 3 is 2.87 bits per heavy atom. The van der Waals surface area contributed by atoms with E-state index in [-0.39, 0.29) is 0 Å². The predicted molar refractivity (Wildman–Crippen MR) is 65.4 cm³/mol. The van der Waals surface area contributed by atoms with Crippen LogP contribution < -0.4 is 5.32 Å². The average Bonchev–Trinajstić information content (AvgIpc) is 2.56. The number of hydrogen-bond donors (Lipinski definition) is 1. The summed E-state index contributed by atoms with van der Waals surface area (Å²) in [7, 11) is 0. The quantitative estimate of drug-likeness (QED) is 0.778. The summed E-state index contributed by atoms with van der Waals surface area (Å²) < 4.78 is 0. The van der Waals surface area contributed by atoms with Crippen molar-refractivity contribution in [1.82, 2.24) is 10.3 Å². The van der Waals surface area contributed by atoms with E-state index in [1.54, 1.807) is 11.3 Å². The molecule has 1 N–H and O–H groups in total. The van der Waals surface area contributed by atoms with Crippen molar-refractivity contribution in [1.29, 1.82) is 0 Å². The lowest BCUT2D eigenvalue weighted by Crippen LogP contribution is -2.37. The molecule has 84 valence electrons. The summed E-state index contributed by atoms with van der Waals surface area (Å²) in [5.74, 6) is 0. The van der Waals surface area contributed by atoms with Gasteiger partial charge in [-0.2, -0.15) is 0 Å². The average molecular weight is 224 g/mol. The normalized spacial score (nSPS) is 18.8. The first kappa shape index (κ1) is 11.1. The van der Waals surface area contributed by atoms with E-state index >= 15 is 0 Å². The van der Waals surface area contributed by atoms with E-state index in [1.807, 2.05) is 5.51 Å². The lowest BCUT2D eigenvalue weighted by Gasteiger charge is -2.38. The van der Waals surface area contributed by atoms with Crippen LogP contribution in [0, 0.1) is 12.3 Å². The van der Waals surface area contributed by atoms with Crippen LogP contribution in [0.1, 0.15) is 36.8 Å². The second-order valence-corrected chi connectivity index (χ2v) is 5.89. The number of aromatic nitrogens is 1. The summed E-state index contributed by atoms with van der Waals surface area (Å²) in [4.78, 5) is 5.69. The maximum Gasteiger partial charge on any atom is 0.0797 e. The summed E-state index contributed by atoms with van der Waals surface area (Å²) in [6, 6.07) is 0. The molecule has 0 spiro atoms. The van der Waals surface area contributed by atoms with Crippen LogP contribution in [0.15, 0.2) is 5.51 Å². The number of aryl methyl sites for hydroxylation is 1. The van der Waals surface area contributed by atoms with Gasteiger partial charge in [-0.15, -0.1) is 11.3 Å². The van der Waals surface area contributed by atoms with Crippen LogP contribution in [0.3, 0.4) is 0 Å². The van der Waals surface area contributed by atoms with Crippen molar-refractivity contribution in [3.05, 3.63) is 16.1 Å². The predicted octanol–water partition coefficient (Wildman–Crippen LogP) is 2.77. The van der Waals surface area contributed by atoms with E-state index in [9.17, 15) is 0 Å². The Morgan fingerprint density at radius 1 is 1.53 bits per heavy atom. The highest BCUT2D eigenvalue weighted by atomic mass is 32.1. The molecule has 1 heterocycles. The smallest absolute Gasteiger partial charge is 0.0797 e. The number of thiazole rings is 1. The molecule has 2 rings (SSSR count). The molecule has 0 radical (unpaired) electrons. The molecule has 1 aromatic rings. The summed E-state index contributed by atoms with van der Waals surface area (Å²) in [5, 5.41) is 3.57. The van der Waals surface area contributed by atoms with Crippen molar-refractivity contribution < 1.29 is 0 Å². The van der Waals surface area contributed by atoms with Crippen LogP contribution in [0.4, 0.5) is 0 Å². The minimum Gasteiger partial charge on any atom is -0.316 e. The molecule has 0 saturated heterocycles. The van der Waals surface area contributed by atoms with E-state index in [4.69, 9.17) is 0 Å². The molecule has 0 aromatic carbocycles. The molecule has 1 aromatic heterocycles. The molecule has 0 amide bonds. The lowest BCUT2D eigenvalue weighted by molar-refractivity contribution is 0.157. The second-order valence-electron chi connectivity index (χ2n) is 4.95. The van der Waals surface area contributed by atoms with Crippen molar-refractivity contribution >= 4 is 11.3 Å². The van der Waals surface area contributed by atoms with Gasteiger partial charge in [0.05, 0.1) is 11.2 Å². The van der Waals surface area contributed by atoms with Crippen molar-refractivity contribution in [2.24, 2.45) is 5.41 Å². The van der Waals surface area contributed by atoms with Gasteiger partial charge in [-0.1, -0.05) is 13.3 Å². The summed E-state index contributed by atoms with van der Waals surface area (Å²) in [5.41, 5.74) is 3.75. The molecule has 15 heavy (non-hydrogen) atoms. The zero-order valence-corrected chi connectivity index (χ0v) is 10.5. The first-order valence-electron chi connectivity index (χ1n) is 5.79. The topological polar surface area (TPSA) is 24.9 Å². The SMILES string of the molecule is Cc1ncsc1CCNCC1(C)CCC1. The standard InChI is InChI=1S/C12H20N2S/c1-10-11(15-9-14-10)4-7-13-8-12(2)5-3-6-12/h9,13H,3-8H2,1-2H3. The zero-order chi connectivity index (χ0) is 10.7. The molecular formula is C12H20N2S. The van der Waals surface area contributed by atoms with Gasteiger partial charge < -0.3 is 5.32 Å². The molecule has 0 atom stereocenters. The third-order valence-corrected chi connectivity index (χ3v) is 4.48. The van der Waals surface area contributed by atoms with E-state index in [1.165, 1.54) is 36.4 Å². The molecular weight excluding hydrogens is 204 g/mol. The maximum atomic E-state index is 4.26. The minimum atomic E-state index is 0.600. The molecule has 1 fully saturated rings. The number of nitrogens with one attached hydrogen (secondary N) is 1. The van der Waals surface area contributed by atoms with Gasteiger partial charge in [-0.3, -0.25) is 0 Å². The van der Waals surface area contributed by atoms with Gasteiger partial charge in [0.15, 0.2) is 0 Å². The molecule has 1 saturated carbocycles. The maximum absolute atomic E-state index is 4.26. The van der Waals surface area contributed by atoms with Crippen LogP contribution in [0.5, 0.6) is 0 Å². The first-order valence-corrected chi connectivity index (χ1v) is 6.67. The lowest BCUT2D eigenvalue weighted by atomic mass is 9.70. The fourth-order valence-electron chi connectivity index (χ4n) is 2.12. The van der Waals surface area contributed by atoms with E-state index in [2.05, 4.69) is 24.1 Å². The van der Waals surface area contributed by atoms with Gasteiger partial charge in [0.25, 0.3) is 0 Å². The fourth-order valence-corrected chi connectivity index (χ4v) is 2.90. The van der Waals surface area contributed by atoms with Crippen LogP contribution in [0.2, 0.25) is 0 Å². The van der Waals surface area contributed by atoms with Crippen molar-refractivity contribution in [3.8, 4) is 0 Å². The van der Waals surface area contributed by atoms with Crippen LogP contribution in [-0.2, 0) is 6.42 Å². The molecule has 2 nitrogen and oxygen atoms in total. The molecule has 1 aliphatic rings. The monoisotopic (exact) mass is 224 g/mol. The Kier molecular flexibility index (Phi) is 3.42. The number of rotatable bonds is 5. The summed E-state index contributed by atoms with van der Waals surface area (Å²) in [6.07, 6.45) is 5.36. The van der Waals surface area contributed by atoms with Crippen LogP contribution in [0.25, 0.3) is 0 Å². The largest absolute Gasteiger partial charge is 0.316 e. The van der Waals surface area contributed by atoms with E-state index in [0.717, 1.165) is 13.0 Å². The molecule has 0 aliphatic heterocycles. The summed E-state index contributed by atoms with van der Waals surface area (Å²) in [6.45, 7) is 6.77. The van der Waals surface area contributed by atoms with Gasteiger partial charge in [-0.05, 0) is 31.6 Å². The van der Waals surface area contributed by atoms with Gasteiger partial charge in [0.2, 0.25) is 0 Å². The zero-order valence-electron chi connectivity index (χ0n) is 9.68. The Labute approximate surface area is 96.1 Å². The van der Waals surface area contributed by atoms with E-state index < -0.39 is 0 Å². The Balaban J connectivity index is 1.65. The highest BCUT2D eigenvalue weighted by Crippen LogP contribution is 2.39. The minimum absolute atomic E-state index is 0.600. The van der Waals surface area contributed by atoms with Gasteiger partial charge in [-0.25, -0.2) is 4.98 Å². The number of hydrogen-bond acceptors (Lipinski definition) is 3. The molecule has 0 bridgehead atoms. The van der Waals surface area contributed by atoms with Crippen LogP contribution >= 0.6 is 11.3 Å². The molecule has 1 aliphatic carbocycles. The van der Waals surface area contributed by atoms with Gasteiger partial charge in [0, 0.05) is 18.0 Å². The van der Waals surface area contributed by atoms with Crippen molar-refractivity contribution in [2.45, 2.75) is 39.5 Å².